The maximum atomic E-state index is 13.1. The van der Waals surface area contributed by atoms with Crippen molar-refractivity contribution < 1.29 is 4.39 Å². The van der Waals surface area contributed by atoms with E-state index in [0.717, 1.165) is 22.8 Å². The van der Waals surface area contributed by atoms with Crippen LogP contribution in [0.4, 0.5) is 10.1 Å². The van der Waals surface area contributed by atoms with Gasteiger partial charge in [-0.05, 0) is 19.1 Å². The molecule has 0 spiro atoms. The van der Waals surface area contributed by atoms with E-state index in [2.05, 4.69) is 5.32 Å². The van der Waals surface area contributed by atoms with Crippen LogP contribution in [0.2, 0.25) is 0 Å². The largest absolute Gasteiger partial charge is 0.380 e. The van der Waals surface area contributed by atoms with Crippen LogP contribution in [0.15, 0.2) is 18.2 Å². The topological polar surface area (TPSA) is 12.0 Å². The van der Waals surface area contributed by atoms with E-state index in [0.29, 0.717) is 6.04 Å². The molecule has 0 radical (unpaired) electrons. The molecule has 1 N–H and O–H groups in total. The Labute approximate surface area is 81.7 Å². The van der Waals surface area contributed by atoms with E-state index >= 15 is 0 Å². The van der Waals surface area contributed by atoms with Gasteiger partial charge in [0, 0.05) is 28.8 Å². The number of halogens is 1. The summed E-state index contributed by atoms with van der Waals surface area (Å²) < 4.78 is 13.1. The van der Waals surface area contributed by atoms with Gasteiger partial charge in [-0.25, -0.2) is 4.39 Å². The Kier molecular flexibility index (Phi) is 2.44. The lowest BCUT2D eigenvalue weighted by Gasteiger charge is -2.27. The van der Waals surface area contributed by atoms with Crippen molar-refractivity contribution in [3.8, 4) is 0 Å². The molecule has 0 aliphatic carbocycles. The van der Waals surface area contributed by atoms with Gasteiger partial charge in [-0.1, -0.05) is 6.07 Å². The number of nitrogens with one attached hydrogen (secondary N) is 1. The number of thioether (sulfide) groups is 1. The molecular weight excluding hydrogens is 185 g/mol. The van der Waals surface area contributed by atoms with E-state index < -0.39 is 0 Å². The molecule has 3 heteroatoms. The molecule has 0 saturated carbocycles. The van der Waals surface area contributed by atoms with Crippen molar-refractivity contribution in [2.45, 2.75) is 13.0 Å². The second kappa shape index (κ2) is 3.58. The van der Waals surface area contributed by atoms with E-state index in [9.17, 15) is 4.39 Å². The quantitative estimate of drug-likeness (QED) is 0.782. The van der Waals surface area contributed by atoms with Crippen molar-refractivity contribution in [1.82, 2.24) is 0 Å². The van der Waals surface area contributed by atoms with Gasteiger partial charge in [0.2, 0.25) is 0 Å². The van der Waals surface area contributed by atoms with E-state index in [1.165, 1.54) is 6.07 Å². The molecule has 1 nitrogen and oxygen atoms in total. The zero-order chi connectivity index (χ0) is 9.26. The third kappa shape index (κ3) is 1.80. The van der Waals surface area contributed by atoms with Crippen LogP contribution >= 0.6 is 11.8 Å². The minimum atomic E-state index is -0.128. The summed E-state index contributed by atoms with van der Waals surface area (Å²) in [6.45, 7) is 1.81. The first kappa shape index (κ1) is 8.88. The predicted octanol–water partition coefficient (Wildman–Crippen LogP) is 2.66. The normalized spacial score (nSPS) is 16.8. The average molecular weight is 197 g/mol. The minimum absolute atomic E-state index is 0.128. The second-order valence-corrected chi connectivity index (χ2v) is 4.37. The van der Waals surface area contributed by atoms with E-state index in [4.69, 9.17) is 0 Å². The second-order valence-electron chi connectivity index (χ2n) is 3.29. The summed E-state index contributed by atoms with van der Waals surface area (Å²) in [5.41, 5.74) is 1.66. The molecule has 1 aliphatic heterocycles. The van der Waals surface area contributed by atoms with Crippen molar-refractivity contribution in [2.24, 2.45) is 0 Å². The molecule has 0 bridgehead atoms. The van der Waals surface area contributed by atoms with Gasteiger partial charge in [0.25, 0.3) is 0 Å². The molecule has 13 heavy (non-hydrogen) atoms. The lowest BCUT2D eigenvalue weighted by molar-refractivity contribution is 0.618. The van der Waals surface area contributed by atoms with E-state index in [-0.39, 0.29) is 5.82 Å². The van der Waals surface area contributed by atoms with Crippen molar-refractivity contribution >= 4 is 17.4 Å². The molecule has 0 aromatic heterocycles. The smallest absolute Gasteiger partial charge is 0.128 e. The molecule has 0 amide bonds. The Morgan fingerprint density at radius 3 is 2.85 bits per heavy atom. The standard InChI is InChI=1S/C10H12FNS/c1-7-9(11)3-2-4-10(7)12-8-5-13-6-8/h2-4,8,12H,5-6H2,1H3. The molecule has 1 saturated heterocycles. The maximum Gasteiger partial charge on any atom is 0.128 e. The van der Waals surface area contributed by atoms with Gasteiger partial charge >= 0.3 is 0 Å². The van der Waals surface area contributed by atoms with Gasteiger partial charge in [0.05, 0.1) is 0 Å². The fourth-order valence-electron chi connectivity index (χ4n) is 1.30. The lowest BCUT2D eigenvalue weighted by atomic mass is 10.2. The Morgan fingerprint density at radius 1 is 1.46 bits per heavy atom. The maximum absolute atomic E-state index is 13.1. The van der Waals surface area contributed by atoms with Gasteiger partial charge < -0.3 is 5.32 Å². The van der Waals surface area contributed by atoms with Crippen LogP contribution in [-0.2, 0) is 0 Å². The first-order valence-electron chi connectivity index (χ1n) is 4.37. The Bertz CT molecular complexity index is 310. The van der Waals surface area contributed by atoms with Crippen LogP contribution in [0.5, 0.6) is 0 Å². The Hall–Kier alpha value is -0.700. The minimum Gasteiger partial charge on any atom is -0.380 e. The highest BCUT2D eigenvalue weighted by atomic mass is 32.2. The predicted molar refractivity (Wildman–Crippen MR) is 55.9 cm³/mol. The molecule has 1 heterocycles. The fraction of sp³-hybridized carbons (Fsp3) is 0.400. The molecule has 1 aromatic carbocycles. The van der Waals surface area contributed by atoms with E-state index in [1.54, 1.807) is 6.07 Å². The van der Waals surface area contributed by atoms with Gasteiger partial charge in [0.1, 0.15) is 5.82 Å². The number of anilines is 1. The zero-order valence-corrected chi connectivity index (χ0v) is 8.33. The van der Waals surface area contributed by atoms with Crippen LogP contribution in [-0.4, -0.2) is 17.5 Å². The molecule has 70 valence electrons. The first-order valence-corrected chi connectivity index (χ1v) is 5.52. The van der Waals surface area contributed by atoms with Crippen LogP contribution in [0, 0.1) is 12.7 Å². The number of hydrogen-bond acceptors (Lipinski definition) is 2. The van der Waals surface area contributed by atoms with Crippen LogP contribution in [0.3, 0.4) is 0 Å². The number of hydrogen-bond donors (Lipinski definition) is 1. The lowest BCUT2D eigenvalue weighted by Crippen LogP contribution is -2.33. The molecule has 0 atom stereocenters. The summed E-state index contributed by atoms with van der Waals surface area (Å²) in [6, 6.07) is 5.71. The molecule has 1 fully saturated rings. The monoisotopic (exact) mass is 197 g/mol. The van der Waals surface area contributed by atoms with Gasteiger partial charge in [0.15, 0.2) is 0 Å². The zero-order valence-electron chi connectivity index (χ0n) is 7.51. The fourth-order valence-corrected chi connectivity index (χ4v) is 1.94. The molecule has 2 rings (SSSR count). The summed E-state index contributed by atoms with van der Waals surface area (Å²) in [5.74, 6) is 2.14. The molecule has 0 unspecified atom stereocenters. The van der Waals surface area contributed by atoms with Gasteiger partial charge in [-0.15, -0.1) is 0 Å². The van der Waals surface area contributed by atoms with Crippen molar-refractivity contribution in [1.29, 1.82) is 0 Å². The molecular formula is C10H12FNS. The summed E-state index contributed by atoms with van der Waals surface area (Å²) >= 11 is 1.92. The van der Waals surface area contributed by atoms with Crippen LogP contribution in [0.1, 0.15) is 5.56 Å². The third-order valence-electron chi connectivity index (χ3n) is 2.27. The molecule has 1 aromatic rings. The van der Waals surface area contributed by atoms with Crippen molar-refractivity contribution in [2.75, 3.05) is 16.8 Å². The first-order chi connectivity index (χ1) is 6.27. The van der Waals surface area contributed by atoms with Crippen LogP contribution in [0.25, 0.3) is 0 Å². The van der Waals surface area contributed by atoms with E-state index in [1.807, 2.05) is 24.8 Å². The Balaban J connectivity index is 2.14. The highest BCUT2D eigenvalue weighted by molar-refractivity contribution is 8.00. The highest BCUT2D eigenvalue weighted by Crippen LogP contribution is 2.24. The van der Waals surface area contributed by atoms with Crippen molar-refractivity contribution in [3.05, 3.63) is 29.6 Å². The number of benzene rings is 1. The average Bonchev–Trinajstić information content (AvgIpc) is 2.04. The Morgan fingerprint density at radius 2 is 2.23 bits per heavy atom. The van der Waals surface area contributed by atoms with Gasteiger partial charge in [-0.2, -0.15) is 11.8 Å². The van der Waals surface area contributed by atoms with Gasteiger partial charge in [-0.3, -0.25) is 0 Å². The summed E-state index contributed by atoms with van der Waals surface area (Å²) in [7, 11) is 0. The third-order valence-corrected chi connectivity index (χ3v) is 3.54. The highest BCUT2D eigenvalue weighted by Gasteiger charge is 2.18. The number of rotatable bonds is 2. The van der Waals surface area contributed by atoms with Crippen molar-refractivity contribution in [3.63, 3.8) is 0 Å². The summed E-state index contributed by atoms with van der Waals surface area (Å²) in [6.07, 6.45) is 0. The molecule has 1 aliphatic rings. The van der Waals surface area contributed by atoms with Crippen LogP contribution < -0.4 is 5.32 Å². The summed E-state index contributed by atoms with van der Waals surface area (Å²) in [5, 5.41) is 3.33. The summed E-state index contributed by atoms with van der Waals surface area (Å²) in [4.78, 5) is 0. The SMILES string of the molecule is Cc1c(F)cccc1NC1CSC1.